The lowest BCUT2D eigenvalue weighted by atomic mass is 10.1. The summed E-state index contributed by atoms with van der Waals surface area (Å²) in [6, 6.07) is 15.0. The summed E-state index contributed by atoms with van der Waals surface area (Å²) in [7, 11) is 0. The summed E-state index contributed by atoms with van der Waals surface area (Å²) >= 11 is 7.46. The maximum absolute atomic E-state index is 12.0. The first-order valence-electron chi connectivity index (χ1n) is 5.81. The van der Waals surface area contributed by atoms with Crippen molar-refractivity contribution in [2.24, 2.45) is 0 Å². The van der Waals surface area contributed by atoms with Crippen LogP contribution in [-0.2, 0) is 0 Å². The van der Waals surface area contributed by atoms with E-state index in [0.29, 0.717) is 10.6 Å². The fourth-order valence-corrected chi connectivity index (χ4v) is 2.13. The average Bonchev–Trinajstić information content (AvgIpc) is 2.46. The molecule has 0 fully saturated rings. The van der Waals surface area contributed by atoms with Crippen LogP contribution < -0.4 is 0 Å². The Morgan fingerprint density at radius 1 is 1.05 bits per heavy atom. The first kappa shape index (κ1) is 17.0. The molecule has 1 nitrogen and oxygen atoms in total. The first-order valence-corrected chi connectivity index (χ1v) is 7.41. The van der Waals surface area contributed by atoms with Crippen LogP contribution >= 0.6 is 40.3 Å². The van der Waals surface area contributed by atoms with Crippen LogP contribution in [0.2, 0.25) is 5.02 Å². The van der Waals surface area contributed by atoms with E-state index in [-0.39, 0.29) is 22.8 Å². The normalized spacial score (nSPS) is 10.3. The minimum absolute atomic E-state index is 0. The highest BCUT2D eigenvalue weighted by atomic mass is 79.9. The van der Waals surface area contributed by atoms with Crippen LogP contribution in [-0.4, -0.2) is 12.0 Å². The molecule has 0 saturated heterocycles. The van der Waals surface area contributed by atoms with E-state index in [1.165, 1.54) is 0 Å². The van der Waals surface area contributed by atoms with Gasteiger partial charge in [0.05, 0.1) is 0 Å². The summed E-state index contributed by atoms with van der Waals surface area (Å²) in [5.41, 5.74) is 1.65. The molecule has 0 unspecified atom stereocenters. The van der Waals surface area contributed by atoms with Crippen molar-refractivity contribution in [3.8, 4) is 0 Å². The van der Waals surface area contributed by atoms with Crippen LogP contribution in [0.5, 0.6) is 0 Å². The zero-order valence-electron chi connectivity index (χ0n) is 10.9. The van der Waals surface area contributed by atoms with Crippen LogP contribution in [0.3, 0.4) is 0 Å². The van der Waals surface area contributed by atoms with E-state index in [9.17, 15) is 4.79 Å². The summed E-state index contributed by atoms with van der Waals surface area (Å²) in [4.78, 5) is 13.1. The summed E-state index contributed by atoms with van der Waals surface area (Å²) in [5, 5.41) is 0.691. The molecule has 2 aromatic carbocycles. The second kappa shape index (κ2) is 8.30. The van der Waals surface area contributed by atoms with E-state index in [1.807, 2.05) is 42.7 Å². The summed E-state index contributed by atoms with van der Waals surface area (Å²) in [6.07, 6.45) is 5.38. The molecule has 2 aromatic rings. The molecular weight excluding hydrogens is 356 g/mol. The minimum atomic E-state index is 0. The van der Waals surface area contributed by atoms with Gasteiger partial charge in [0.15, 0.2) is 5.78 Å². The van der Waals surface area contributed by atoms with Gasteiger partial charge in [0.25, 0.3) is 0 Å². The third-order valence-electron chi connectivity index (χ3n) is 2.67. The summed E-state index contributed by atoms with van der Waals surface area (Å²) < 4.78 is 0. The molecule has 0 bridgehead atoms. The second-order valence-corrected chi connectivity index (χ2v) is 5.29. The average molecular weight is 370 g/mol. The number of rotatable bonds is 4. The third-order valence-corrected chi connectivity index (χ3v) is 3.67. The number of ketones is 1. The van der Waals surface area contributed by atoms with Crippen LogP contribution in [0, 0.1) is 0 Å². The molecule has 0 N–H and O–H groups in total. The molecule has 0 amide bonds. The van der Waals surface area contributed by atoms with Gasteiger partial charge in [-0.2, -0.15) is 0 Å². The number of carbonyl (C=O) groups is 1. The van der Waals surface area contributed by atoms with E-state index in [2.05, 4.69) is 0 Å². The zero-order valence-corrected chi connectivity index (χ0v) is 14.2. The molecule has 0 saturated carbocycles. The Kier molecular flexibility index (Phi) is 7.06. The maximum atomic E-state index is 12.0. The first-order chi connectivity index (χ1) is 9.19. The van der Waals surface area contributed by atoms with Crippen molar-refractivity contribution in [3.05, 3.63) is 70.8 Å². The number of carbonyl (C=O) groups excluding carboxylic acids is 1. The predicted molar refractivity (Wildman–Crippen MR) is 93.4 cm³/mol. The number of thioether (sulfide) groups is 1. The lowest BCUT2D eigenvalue weighted by molar-refractivity contribution is 0.104. The van der Waals surface area contributed by atoms with Gasteiger partial charge >= 0.3 is 0 Å². The fraction of sp³-hybridized carbons (Fsp3) is 0.0625. The highest BCUT2D eigenvalue weighted by Crippen LogP contribution is 2.16. The van der Waals surface area contributed by atoms with E-state index < -0.39 is 0 Å². The quantitative estimate of drug-likeness (QED) is 0.400. The highest BCUT2D eigenvalue weighted by molar-refractivity contribution is 8.93. The number of allylic oxidation sites excluding steroid dienone is 1. The molecule has 2 rings (SSSR count). The Morgan fingerprint density at radius 2 is 1.65 bits per heavy atom. The third kappa shape index (κ3) is 4.82. The van der Waals surface area contributed by atoms with E-state index in [0.717, 1.165) is 10.5 Å². The van der Waals surface area contributed by atoms with Gasteiger partial charge in [-0.15, -0.1) is 28.7 Å². The van der Waals surface area contributed by atoms with Gasteiger partial charge in [0.1, 0.15) is 0 Å². The molecule has 0 aromatic heterocycles. The van der Waals surface area contributed by atoms with Crippen molar-refractivity contribution in [1.29, 1.82) is 0 Å². The van der Waals surface area contributed by atoms with E-state index in [1.54, 1.807) is 36.0 Å². The van der Waals surface area contributed by atoms with Crippen LogP contribution in [0.25, 0.3) is 6.08 Å². The van der Waals surface area contributed by atoms with E-state index in [4.69, 9.17) is 11.6 Å². The maximum Gasteiger partial charge on any atom is 0.185 e. The fourth-order valence-electron chi connectivity index (χ4n) is 1.60. The van der Waals surface area contributed by atoms with Crippen molar-refractivity contribution in [3.63, 3.8) is 0 Å². The second-order valence-electron chi connectivity index (χ2n) is 3.98. The Balaban J connectivity index is 0.00000200. The smallest absolute Gasteiger partial charge is 0.185 e. The Bertz CT molecular complexity index is 591. The highest BCUT2D eigenvalue weighted by Gasteiger charge is 2.01. The van der Waals surface area contributed by atoms with Crippen molar-refractivity contribution in [1.82, 2.24) is 0 Å². The molecule has 0 heterocycles. The van der Waals surface area contributed by atoms with Gasteiger partial charge in [-0.25, -0.2) is 0 Å². The summed E-state index contributed by atoms with van der Waals surface area (Å²) in [5.74, 6) is 0.00241. The molecule has 4 heteroatoms. The number of hydrogen-bond donors (Lipinski definition) is 0. The number of halogens is 2. The monoisotopic (exact) mass is 368 g/mol. The molecule has 0 aliphatic carbocycles. The van der Waals surface area contributed by atoms with E-state index >= 15 is 0 Å². The molecule has 0 radical (unpaired) electrons. The molecular formula is C16H14BrClOS. The van der Waals surface area contributed by atoms with Gasteiger partial charge in [-0.05, 0) is 54.3 Å². The van der Waals surface area contributed by atoms with Crippen LogP contribution in [0.1, 0.15) is 15.9 Å². The van der Waals surface area contributed by atoms with Crippen molar-refractivity contribution < 1.29 is 4.79 Å². The van der Waals surface area contributed by atoms with Gasteiger partial charge in [-0.1, -0.05) is 29.8 Å². The van der Waals surface area contributed by atoms with Gasteiger partial charge in [0, 0.05) is 15.5 Å². The molecule has 20 heavy (non-hydrogen) atoms. The number of benzene rings is 2. The largest absolute Gasteiger partial charge is 0.289 e. The van der Waals surface area contributed by atoms with Crippen molar-refractivity contribution >= 4 is 52.2 Å². The molecule has 0 aliphatic heterocycles. The topological polar surface area (TPSA) is 17.1 Å². The molecule has 0 aliphatic rings. The Hall–Kier alpha value is -1.03. The molecule has 0 spiro atoms. The lowest BCUT2D eigenvalue weighted by Crippen LogP contribution is -1.93. The molecule has 104 valence electrons. The van der Waals surface area contributed by atoms with Gasteiger partial charge in [-0.3, -0.25) is 4.79 Å². The SMILES string of the molecule is Br.CSc1ccc(C(=O)/C=C/c2ccc(Cl)cc2)cc1. The minimum Gasteiger partial charge on any atom is -0.289 e. The Labute approximate surface area is 138 Å². The molecule has 0 atom stereocenters. The standard InChI is InChI=1S/C16H13ClOS.BrH/c1-19-15-9-5-13(6-10-15)16(18)11-4-12-2-7-14(17)8-3-12;/h2-11H,1H3;1H/b11-4+;. The zero-order chi connectivity index (χ0) is 13.7. The van der Waals surface area contributed by atoms with Crippen molar-refractivity contribution in [2.75, 3.05) is 6.26 Å². The van der Waals surface area contributed by atoms with Gasteiger partial charge in [0.2, 0.25) is 0 Å². The van der Waals surface area contributed by atoms with Gasteiger partial charge < -0.3 is 0 Å². The van der Waals surface area contributed by atoms with Crippen LogP contribution in [0.4, 0.5) is 0 Å². The predicted octanol–water partition coefficient (Wildman–Crippen LogP) is 5.54. The Morgan fingerprint density at radius 3 is 2.20 bits per heavy atom. The lowest BCUT2D eigenvalue weighted by Gasteiger charge is -1.98. The summed E-state index contributed by atoms with van der Waals surface area (Å²) in [6.45, 7) is 0. The van der Waals surface area contributed by atoms with Crippen molar-refractivity contribution in [2.45, 2.75) is 4.90 Å². The van der Waals surface area contributed by atoms with Crippen LogP contribution in [0.15, 0.2) is 59.5 Å². The number of hydrogen-bond acceptors (Lipinski definition) is 2.